The molecule has 0 aliphatic carbocycles. The van der Waals surface area contributed by atoms with E-state index >= 15 is 0 Å². The number of hydrogen-bond donors (Lipinski definition) is 1. The van der Waals surface area contributed by atoms with Crippen molar-refractivity contribution in [2.24, 2.45) is 7.05 Å². The Balaban J connectivity index is 2.04. The van der Waals surface area contributed by atoms with Gasteiger partial charge in [-0.05, 0) is 28.1 Å². The fraction of sp³-hybridized carbons (Fsp3) is 0.357. The number of sulfonamides is 1. The number of aryl methyl sites for hydroxylation is 1. The first-order valence-corrected chi connectivity index (χ1v) is 9.19. The molecule has 1 aliphatic heterocycles. The van der Waals surface area contributed by atoms with Crippen molar-refractivity contribution in [3.8, 4) is 0 Å². The van der Waals surface area contributed by atoms with Crippen molar-refractivity contribution in [2.75, 3.05) is 19.6 Å². The van der Waals surface area contributed by atoms with E-state index in [0.29, 0.717) is 24.1 Å². The summed E-state index contributed by atoms with van der Waals surface area (Å²) in [6.45, 7) is 1.60. The van der Waals surface area contributed by atoms with E-state index in [1.54, 1.807) is 30.5 Å². The minimum Gasteiger partial charge on any atom is -0.337 e. The van der Waals surface area contributed by atoms with Gasteiger partial charge in [-0.2, -0.15) is 4.31 Å². The third-order valence-electron chi connectivity index (χ3n) is 3.77. The molecule has 0 radical (unpaired) electrons. The summed E-state index contributed by atoms with van der Waals surface area (Å²) in [5.74, 6) is 0.739. The Morgan fingerprint density at radius 1 is 1.36 bits per heavy atom. The van der Waals surface area contributed by atoms with Crippen LogP contribution in [0.25, 0.3) is 0 Å². The molecule has 0 spiro atoms. The fourth-order valence-electron chi connectivity index (χ4n) is 2.67. The normalized spacial score (nSPS) is 20.2. The molecule has 22 heavy (non-hydrogen) atoms. The maximum absolute atomic E-state index is 13.1. The van der Waals surface area contributed by atoms with Crippen LogP contribution in [0.4, 0.5) is 0 Å². The van der Waals surface area contributed by atoms with Gasteiger partial charge in [-0.1, -0.05) is 12.1 Å². The summed E-state index contributed by atoms with van der Waals surface area (Å²) in [5, 5.41) is 3.25. The second-order valence-corrected chi connectivity index (χ2v) is 7.88. The van der Waals surface area contributed by atoms with Crippen LogP contribution in [0.15, 0.2) is 46.0 Å². The van der Waals surface area contributed by atoms with E-state index in [-0.39, 0.29) is 10.9 Å². The molecule has 0 saturated carbocycles. The Bertz CT molecular complexity index is 775. The lowest BCUT2D eigenvalue weighted by Crippen LogP contribution is -2.49. The molecule has 1 atom stereocenters. The molecular weight excluding hydrogens is 368 g/mol. The smallest absolute Gasteiger partial charge is 0.244 e. The second kappa shape index (κ2) is 6.11. The average molecular weight is 385 g/mol. The number of hydrogen-bond acceptors (Lipinski definition) is 4. The van der Waals surface area contributed by atoms with Gasteiger partial charge in [-0.3, -0.25) is 0 Å². The maximum atomic E-state index is 13.1. The molecule has 1 saturated heterocycles. The van der Waals surface area contributed by atoms with E-state index in [0.717, 1.165) is 5.82 Å². The molecule has 1 N–H and O–H groups in total. The average Bonchev–Trinajstić information content (AvgIpc) is 2.93. The van der Waals surface area contributed by atoms with Crippen molar-refractivity contribution in [3.05, 3.63) is 47.0 Å². The Morgan fingerprint density at radius 2 is 2.14 bits per heavy atom. The monoisotopic (exact) mass is 384 g/mol. The molecule has 1 aromatic carbocycles. The summed E-state index contributed by atoms with van der Waals surface area (Å²) >= 11 is 3.34. The lowest BCUT2D eigenvalue weighted by atomic mass is 10.2. The van der Waals surface area contributed by atoms with Crippen molar-refractivity contribution < 1.29 is 8.42 Å². The molecule has 6 nitrogen and oxygen atoms in total. The zero-order valence-corrected chi connectivity index (χ0v) is 14.5. The number of rotatable bonds is 3. The zero-order valence-electron chi connectivity index (χ0n) is 12.1. The topological polar surface area (TPSA) is 67.2 Å². The number of halogens is 1. The first-order chi connectivity index (χ1) is 10.5. The van der Waals surface area contributed by atoms with E-state index in [9.17, 15) is 8.42 Å². The van der Waals surface area contributed by atoms with Crippen molar-refractivity contribution in [1.29, 1.82) is 0 Å². The van der Waals surface area contributed by atoms with Crippen LogP contribution in [0.3, 0.4) is 0 Å². The molecule has 118 valence electrons. The lowest BCUT2D eigenvalue weighted by Gasteiger charge is -2.34. The largest absolute Gasteiger partial charge is 0.337 e. The predicted molar refractivity (Wildman–Crippen MR) is 86.9 cm³/mol. The summed E-state index contributed by atoms with van der Waals surface area (Å²) < 4.78 is 30.1. The number of piperazine rings is 1. The van der Waals surface area contributed by atoms with Crippen molar-refractivity contribution >= 4 is 26.0 Å². The first kappa shape index (κ1) is 15.7. The first-order valence-electron chi connectivity index (χ1n) is 6.96. The lowest BCUT2D eigenvalue weighted by molar-refractivity contribution is 0.258. The van der Waals surface area contributed by atoms with Gasteiger partial charge in [-0.25, -0.2) is 13.4 Å². The molecule has 1 aromatic heterocycles. The van der Waals surface area contributed by atoms with Gasteiger partial charge >= 0.3 is 0 Å². The van der Waals surface area contributed by atoms with Crippen LogP contribution in [0, 0.1) is 0 Å². The second-order valence-electron chi connectivity index (χ2n) is 5.16. The van der Waals surface area contributed by atoms with Crippen LogP contribution in [-0.4, -0.2) is 41.9 Å². The Kier molecular flexibility index (Phi) is 4.35. The van der Waals surface area contributed by atoms with Gasteiger partial charge in [0.15, 0.2) is 0 Å². The third-order valence-corrected chi connectivity index (χ3v) is 6.69. The summed E-state index contributed by atoms with van der Waals surface area (Å²) in [4.78, 5) is 4.61. The van der Waals surface area contributed by atoms with E-state index in [2.05, 4.69) is 26.2 Å². The Morgan fingerprint density at radius 3 is 2.82 bits per heavy atom. The summed E-state index contributed by atoms with van der Waals surface area (Å²) in [6.07, 6.45) is 3.51. The van der Waals surface area contributed by atoms with E-state index in [1.165, 1.54) is 4.31 Å². The highest BCUT2D eigenvalue weighted by Crippen LogP contribution is 2.31. The third kappa shape index (κ3) is 2.71. The molecule has 8 heteroatoms. The molecule has 1 fully saturated rings. The molecule has 2 aromatic rings. The summed E-state index contributed by atoms with van der Waals surface area (Å²) in [7, 11) is -1.72. The number of imidazole rings is 1. The van der Waals surface area contributed by atoms with Gasteiger partial charge in [0, 0.05) is 43.5 Å². The highest BCUT2D eigenvalue weighted by Gasteiger charge is 2.37. The minimum absolute atomic E-state index is 0.288. The van der Waals surface area contributed by atoms with Gasteiger partial charge < -0.3 is 9.88 Å². The molecule has 2 heterocycles. The van der Waals surface area contributed by atoms with E-state index < -0.39 is 10.0 Å². The molecule has 1 aliphatic rings. The highest BCUT2D eigenvalue weighted by molar-refractivity contribution is 9.10. The van der Waals surface area contributed by atoms with Crippen LogP contribution in [0.5, 0.6) is 0 Å². The van der Waals surface area contributed by atoms with Crippen LogP contribution in [-0.2, 0) is 17.1 Å². The standard InChI is InChI=1S/C14H17BrN4O2S/c1-18-8-7-17-14(18)12-10-16-6-9-19(12)22(20,21)13-5-3-2-4-11(13)15/h2-5,7-8,12,16H,6,9-10H2,1H3. The zero-order chi connectivity index (χ0) is 15.7. The summed E-state index contributed by atoms with van der Waals surface area (Å²) in [6, 6.07) is 6.58. The van der Waals surface area contributed by atoms with Crippen LogP contribution in [0.2, 0.25) is 0 Å². The van der Waals surface area contributed by atoms with Crippen LogP contribution in [0.1, 0.15) is 11.9 Å². The molecule has 3 rings (SSSR count). The van der Waals surface area contributed by atoms with Gasteiger partial charge in [0.25, 0.3) is 0 Å². The SMILES string of the molecule is Cn1ccnc1C1CNCCN1S(=O)(=O)c1ccccc1Br. The van der Waals surface area contributed by atoms with E-state index in [4.69, 9.17) is 0 Å². The quantitative estimate of drug-likeness (QED) is 0.870. The minimum atomic E-state index is -3.59. The molecular formula is C14H17BrN4O2S. The van der Waals surface area contributed by atoms with Crippen LogP contribution < -0.4 is 5.32 Å². The van der Waals surface area contributed by atoms with Crippen molar-refractivity contribution in [1.82, 2.24) is 19.2 Å². The molecule has 1 unspecified atom stereocenters. The number of nitrogens with one attached hydrogen (secondary N) is 1. The maximum Gasteiger partial charge on any atom is 0.244 e. The fourth-order valence-corrected chi connectivity index (χ4v) is 5.22. The van der Waals surface area contributed by atoms with Gasteiger partial charge in [0.2, 0.25) is 10.0 Å². The molecule has 0 bridgehead atoms. The highest BCUT2D eigenvalue weighted by atomic mass is 79.9. The van der Waals surface area contributed by atoms with Gasteiger partial charge in [-0.15, -0.1) is 0 Å². The molecule has 0 amide bonds. The van der Waals surface area contributed by atoms with Crippen molar-refractivity contribution in [2.45, 2.75) is 10.9 Å². The number of aromatic nitrogens is 2. The Labute approximate surface area is 138 Å². The van der Waals surface area contributed by atoms with E-state index in [1.807, 2.05) is 17.8 Å². The number of nitrogens with zero attached hydrogens (tertiary/aromatic N) is 3. The predicted octanol–water partition coefficient (Wildman–Crippen LogP) is 1.52. The Hall–Kier alpha value is -1.22. The summed E-state index contributed by atoms with van der Waals surface area (Å²) in [5.41, 5.74) is 0. The van der Waals surface area contributed by atoms with Crippen molar-refractivity contribution in [3.63, 3.8) is 0 Å². The van der Waals surface area contributed by atoms with Gasteiger partial charge in [0.1, 0.15) is 5.82 Å². The van der Waals surface area contributed by atoms with Gasteiger partial charge in [0.05, 0.1) is 10.9 Å². The number of benzene rings is 1. The van der Waals surface area contributed by atoms with Crippen LogP contribution >= 0.6 is 15.9 Å².